The van der Waals surface area contributed by atoms with E-state index in [1.807, 2.05) is 6.92 Å². The van der Waals surface area contributed by atoms with Gasteiger partial charge < -0.3 is 16.0 Å². The predicted molar refractivity (Wildman–Crippen MR) is 63.6 cm³/mol. The number of primary amides is 1. The van der Waals surface area contributed by atoms with Gasteiger partial charge in [0.05, 0.1) is 6.04 Å². The summed E-state index contributed by atoms with van der Waals surface area (Å²) in [5.41, 5.74) is 5.29. The van der Waals surface area contributed by atoms with E-state index < -0.39 is 0 Å². The topological polar surface area (TPSA) is 58.4 Å². The number of hydrogen-bond acceptors (Lipinski definition) is 3. The minimum atomic E-state index is -0.255. The molecule has 3 N–H and O–H groups in total. The maximum atomic E-state index is 11.1. The molecule has 15 heavy (non-hydrogen) atoms. The van der Waals surface area contributed by atoms with Crippen LogP contribution in [0.15, 0.2) is 0 Å². The van der Waals surface area contributed by atoms with Gasteiger partial charge in [-0.25, -0.2) is 0 Å². The van der Waals surface area contributed by atoms with Crippen LogP contribution in [0.2, 0.25) is 0 Å². The van der Waals surface area contributed by atoms with E-state index in [0.717, 1.165) is 26.1 Å². The zero-order valence-electron chi connectivity index (χ0n) is 10.4. The van der Waals surface area contributed by atoms with Crippen molar-refractivity contribution in [2.75, 3.05) is 26.7 Å². The van der Waals surface area contributed by atoms with Gasteiger partial charge in [-0.3, -0.25) is 4.79 Å². The van der Waals surface area contributed by atoms with Crippen LogP contribution in [-0.2, 0) is 4.79 Å². The van der Waals surface area contributed by atoms with Gasteiger partial charge >= 0.3 is 0 Å². The molecular weight excluding hydrogens is 190 g/mol. The Balaban J connectivity index is 3.83. The van der Waals surface area contributed by atoms with Crippen molar-refractivity contribution < 1.29 is 4.79 Å². The molecule has 0 heterocycles. The van der Waals surface area contributed by atoms with Crippen molar-refractivity contribution in [2.45, 2.75) is 33.2 Å². The maximum Gasteiger partial charge on any atom is 0.234 e. The molecule has 0 saturated carbocycles. The van der Waals surface area contributed by atoms with Gasteiger partial charge in [-0.15, -0.1) is 0 Å². The fourth-order valence-corrected chi connectivity index (χ4v) is 1.66. The lowest BCUT2D eigenvalue weighted by atomic mass is 10.1. The first-order valence-corrected chi connectivity index (χ1v) is 5.68. The van der Waals surface area contributed by atoms with E-state index in [-0.39, 0.29) is 11.9 Å². The van der Waals surface area contributed by atoms with E-state index in [1.54, 1.807) is 0 Å². The number of nitrogens with one attached hydrogen (secondary N) is 1. The molecule has 4 heteroatoms. The third kappa shape index (κ3) is 7.33. The average molecular weight is 215 g/mol. The molecule has 0 aliphatic carbocycles. The molecule has 0 bridgehead atoms. The van der Waals surface area contributed by atoms with Crippen LogP contribution in [0.25, 0.3) is 0 Å². The molecule has 1 unspecified atom stereocenters. The van der Waals surface area contributed by atoms with Crippen molar-refractivity contribution in [2.24, 2.45) is 11.7 Å². The largest absolute Gasteiger partial charge is 0.368 e. The molecule has 0 radical (unpaired) electrons. The van der Waals surface area contributed by atoms with Crippen LogP contribution in [0, 0.1) is 5.92 Å². The summed E-state index contributed by atoms with van der Waals surface area (Å²) >= 11 is 0. The van der Waals surface area contributed by atoms with E-state index >= 15 is 0 Å². The summed E-state index contributed by atoms with van der Waals surface area (Å²) in [7, 11) is 2.07. The second-order valence-electron chi connectivity index (χ2n) is 4.46. The number of likely N-dealkylation sites (N-methyl/N-ethyl adjacent to an activating group) is 1. The summed E-state index contributed by atoms with van der Waals surface area (Å²) in [6, 6.07) is -0.190. The van der Waals surface area contributed by atoms with E-state index in [2.05, 4.69) is 31.1 Å². The highest BCUT2D eigenvalue weighted by Gasteiger charge is 2.14. The van der Waals surface area contributed by atoms with Gasteiger partial charge in [-0.2, -0.15) is 0 Å². The van der Waals surface area contributed by atoms with Crippen molar-refractivity contribution >= 4 is 5.91 Å². The Labute approximate surface area is 93.2 Å². The van der Waals surface area contributed by atoms with Crippen LogP contribution in [0.1, 0.15) is 27.2 Å². The van der Waals surface area contributed by atoms with Crippen molar-refractivity contribution in [3.8, 4) is 0 Å². The van der Waals surface area contributed by atoms with Gasteiger partial charge in [-0.1, -0.05) is 20.8 Å². The monoisotopic (exact) mass is 215 g/mol. The molecule has 0 aliphatic rings. The van der Waals surface area contributed by atoms with Crippen LogP contribution in [0.3, 0.4) is 0 Å². The molecule has 0 aromatic heterocycles. The average Bonchev–Trinajstić information content (AvgIpc) is 2.10. The number of hydrogen-bond donors (Lipinski definition) is 2. The summed E-state index contributed by atoms with van der Waals surface area (Å²) in [4.78, 5) is 13.3. The summed E-state index contributed by atoms with van der Waals surface area (Å²) in [5, 5.41) is 3.09. The fourth-order valence-electron chi connectivity index (χ4n) is 1.66. The third-order valence-corrected chi connectivity index (χ3v) is 2.27. The standard InChI is InChI=1S/C11H25N3O/c1-5-13-10(11(12)15)6-7-14(4)8-9(2)3/h9-10,13H,5-8H2,1-4H3,(H2,12,15). The summed E-state index contributed by atoms with van der Waals surface area (Å²) < 4.78 is 0. The molecule has 90 valence electrons. The van der Waals surface area contributed by atoms with Gasteiger partial charge in [-0.05, 0) is 32.5 Å². The van der Waals surface area contributed by atoms with Crippen molar-refractivity contribution in [3.63, 3.8) is 0 Å². The highest BCUT2D eigenvalue weighted by molar-refractivity contribution is 5.79. The minimum Gasteiger partial charge on any atom is -0.368 e. The number of carbonyl (C=O) groups excluding carboxylic acids is 1. The van der Waals surface area contributed by atoms with E-state index in [1.165, 1.54) is 0 Å². The number of carbonyl (C=O) groups is 1. The summed E-state index contributed by atoms with van der Waals surface area (Å²) in [6.07, 6.45) is 0.784. The van der Waals surface area contributed by atoms with Crippen LogP contribution in [-0.4, -0.2) is 43.5 Å². The van der Waals surface area contributed by atoms with Crippen molar-refractivity contribution in [1.82, 2.24) is 10.2 Å². The van der Waals surface area contributed by atoms with E-state index in [4.69, 9.17) is 5.73 Å². The highest BCUT2D eigenvalue weighted by atomic mass is 16.1. The lowest BCUT2D eigenvalue weighted by molar-refractivity contribution is -0.120. The van der Waals surface area contributed by atoms with Gasteiger partial charge in [0, 0.05) is 6.54 Å². The van der Waals surface area contributed by atoms with Gasteiger partial charge in [0.15, 0.2) is 0 Å². The Morgan fingerprint density at radius 3 is 2.47 bits per heavy atom. The Morgan fingerprint density at radius 1 is 1.47 bits per heavy atom. The van der Waals surface area contributed by atoms with Crippen LogP contribution in [0.5, 0.6) is 0 Å². The Bertz CT molecular complexity index is 183. The molecule has 0 saturated heterocycles. The molecule has 0 aromatic carbocycles. The van der Waals surface area contributed by atoms with Crippen LogP contribution in [0.4, 0.5) is 0 Å². The molecule has 0 spiro atoms. The number of nitrogens with zero attached hydrogens (tertiary/aromatic N) is 1. The number of amides is 1. The van der Waals surface area contributed by atoms with Crippen molar-refractivity contribution in [3.05, 3.63) is 0 Å². The molecule has 0 fully saturated rings. The van der Waals surface area contributed by atoms with Gasteiger partial charge in [0.2, 0.25) is 5.91 Å². The Morgan fingerprint density at radius 2 is 2.07 bits per heavy atom. The van der Waals surface area contributed by atoms with Crippen LogP contribution < -0.4 is 11.1 Å². The second kappa shape index (κ2) is 7.65. The highest BCUT2D eigenvalue weighted by Crippen LogP contribution is 1.99. The van der Waals surface area contributed by atoms with E-state index in [0.29, 0.717) is 5.92 Å². The second-order valence-corrected chi connectivity index (χ2v) is 4.46. The number of rotatable bonds is 8. The fraction of sp³-hybridized carbons (Fsp3) is 0.909. The molecule has 4 nitrogen and oxygen atoms in total. The van der Waals surface area contributed by atoms with E-state index in [9.17, 15) is 4.79 Å². The quantitative estimate of drug-likeness (QED) is 0.617. The minimum absolute atomic E-state index is 0.190. The first kappa shape index (κ1) is 14.4. The third-order valence-electron chi connectivity index (χ3n) is 2.27. The molecule has 1 amide bonds. The van der Waals surface area contributed by atoms with Crippen molar-refractivity contribution in [1.29, 1.82) is 0 Å². The summed E-state index contributed by atoms with van der Waals surface area (Å²) in [6.45, 7) is 9.09. The zero-order chi connectivity index (χ0) is 11.8. The lowest BCUT2D eigenvalue weighted by Crippen LogP contribution is -2.43. The maximum absolute atomic E-state index is 11.1. The Hall–Kier alpha value is -0.610. The molecule has 0 rings (SSSR count). The SMILES string of the molecule is CCNC(CCN(C)CC(C)C)C(N)=O. The molecule has 0 aromatic rings. The van der Waals surface area contributed by atoms with Gasteiger partial charge in [0.25, 0.3) is 0 Å². The van der Waals surface area contributed by atoms with Crippen LogP contribution >= 0.6 is 0 Å². The Kier molecular flexibility index (Phi) is 7.34. The van der Waals surface area contributed by atoms with Gasteiger partial charge in [0.1, 0.15) is 0 Å². The molecular formula is C11H25N3O. The zero-order valence-corrected chi connectivity index (χ0v) is 10.4. The summed E-state index contributed by atoms with van der Waals surface area (Å²) in [5.74, 6) is 0.399. The normalized spacial score (nSPS) is 13.5. The first-order chi connectivity index (χ1) is 6.97. The predicted octanol–water partition coefficient (Wildman–Crippen LogP) is 0.428. The molecule has 1 atom stereocenters. The lowest BCUT2D eigenvalue weighted by Gasteiger charge is -2.21. The number of nitrogens with two attached hydrogens (primary N) is 1. The molecule has 0 aliphatic heterocycles. The smallest absolute Gasteiger partial charge is 0.234 e. The first-order valence-electron chi connectivity index (χ1n) is 5.68.